The van der Waals surface area contributed by atoms with Crippen molar-refractivity contribution < 1.29 is 9.59 Å². The predicted molar refractivity (Wildman–Crippen MR) is 146 cm³/mol. The fourth-order valence-corrected chi connectivity index (χ4v) is 8.32. The number of fused-ring (bicyclic) bond motifs is 6. The highest BCUT2D eigenvalue weighted by atomic mass is 32.1. The van der Waals surface area contributed by atoms with Crippen molar-refractivity contribution in [1.82, 2.24) is 4.90 Å². The van der Waals surface area contributed by atoms with Gasteiger partial charge in [-0.3, -0.25) is 9.59 Å². The Bertz CT molecular complexity index is 2140. The molecule has 0 saturated carbocycles. The molecular formula is C29H17NO2S2. The van der Waals surface area contributed by atoms with Gasteiger partial charge in [-0.25, -0.2) is 0 Å². The minimum Gasteiger partial charge on any atom is -0.345 e. The molecule has 0 saturated heterocycles. The molecule has 0 fully saturated rings. The Labute approximate surface area is 201 Å². The second-order valence-corrected chi connectivity index (χ2v) is 11.3. The highest BCUT2D eigenvalue weighted by Gasteiger charge is 2.31. The first kappa shape index (κ1) is 18.8. The van der Waals surface area contributed by atoms with Crippen molar-refractivity contribution in [3.63, 3.8) is 0 Å². The van der Waals surface area contributed by atoms with Crippen molar-refractivity contribution in [2.75, 3.05) is 14.1 Å². The second-order valence-electron chi connectivity index (χ2n) is 9.46. The quantitative estimate of drug-likeness (QED) is 0.187. The van der Waals surface area contributed by atoms with Crippen LogP contribution in [0.5, 0.6) is 0 Å². The van der Waals surface area contributed by atoms with Crippen LogP contribution in [0.2, 0.25) is 0 Å². The molecule has 2 aromatic heterocycles. The van der Waals surface area contributed by atoms with Crippen LogP contribution in [0.4, 0.5) is 0 Å². The average molecular weight is 476 g/mol. The van der Waals surface area contributed by atoms with Gasteiger partial charge in [0.15, 0.2) is 6.29 Å². The Morgan fingerprint density at radius 3 is 2.03 bits per heavy atom. The van der Waals surface area contributed by atoms with Crippen molar-refractivity contribution in [3.05, 3.63) is 57.8 Å². The standard InChI is InChI=1S/C29H17NO2S2/c1-12-10-17-16-7-9-34-28(16)26-23(29(32)30(2)3)18(11-31)22-24-20-14(15-6-8-33-27(15)22)5-4-13(12)19(20)21(17)25(24)26/h4-11H,1-3H3. The van der Waals surface area contributed by atoms with Crippen molar-refractivity contribution in [2.24, 2.45) is 0 Å². The Morgan fingerprint density at radius 1 is 0.735 bits per heavy atom. The lowest BCUT2D eigenvalue weighted by Gasteiger charge is -2.18. The van der Waals surface area contributed by atoms with Gasteiger partial charge < -0.3 is 4.90 Å². The van der Waals surface area contributed by atoms with Crippen LogP contribution in [0, 0.1) is 6.92 Å². The summed E-state index contributed by atoms with van der Waals surface area (Å²) in [5, 5.41) is 18.1. The molecular weight excluding hydrogens is 458 g/mol. The molecule has 6 aromatic carbocycles. The van der Waals surface area contributed by atoms with E-state index < -0.39 is 0 Å². The zero-order valence-corrected chi connectivity index (χ0v) is 20.3. The third kappa shape index (κ3) is 1.86. The van der Waals surface area contributed by atoms with Crippen molar-refractivity contribution in [3.8, 4) is 0 Å². The molecule has 0 unspecified atom stereocenters. The summed E-state index contributed by atoms with van der Waals surface area (Å²) in [6.07, 6.45) is 0.911. The van der Waals surface area contributed by atoms with Gasteiger partial charge in [-0.1, -0.05) is 18.2 Å². The van der Waals surface area contributed by atoms with E-state index in [4.69, 9.17) is 0 Å². The molecule has 0 N–H and O–H groups in total. The van der Waals surface area contributed by atoms with E-state index in [-0.39, 0.29) is 5.91 Å². The maximum atomic E-state index is 13.7. The van der Waals surface area contributed by atoms with Crippen molar-refractivity contribution in [2.45, 2.75) is 6.92 Å². The van der Waals surface area contributed by atoms with Gasteiger partial charge in [0.2, 0.25) is 0 Å². The predicted octanol–water partition coefficient (Wildman–Crippen LogP) is 8.02. The Kier molecular flexibility index (Phi) is 3.28. The molecule has 0 bridgehead atoms. The molecule has 1 amide bonds. The lowest BCUT2D eigenvalue weighted by molar-refractivity contribution is 0.0826. The Balaban J connectivity index is 1.91. The third-order valence-corrected chi connectivity index (χ3v) is 9.52. The van der Waals surface area contributed by atoms with E-state index in [2.05, 4.69) is 48.0 Å². The van der Waals surface area contributed by atoms with E-state index in [1.165, 1.54) is 37.9 Å². The molecule has 0 spiro atoms. The van der Waals surface area contributed by atoms with Crippen LogP contribution in [0.3, 0.4) is 0 Å². The van der Waals surface area contributed by atoms with E-state index in [0.29, 0.717) is 11.1 Å². The summed E-state index contributed by atoms with van der Waals surface area (Å²) in [7, 11) is 3.53. The highest BCUT2D eigenvalue weighted by Crippen LogP contribution is 2.56. The molecule has 162 valence electrons. The van der Waals surface area contributed by atoms with Crippen molar-refractivity contribution in [1.29, 1.82) is 0 Å². The van der Waals surface area contributed by atoms with E-state index in [1.807, 2.05) is 0 Å². The molecule has 0 aliphatic carbocycles. The first-order valence-electron chi connectivity index (χ1n) is 11.2. The number of benzene rings is 5. The molecule has 5 heteroatoms. The molecule has 0 aliphatic heterocycles. The normalized spacial score (nSPS) is 12.8. The largest absolute Gasteiger partial charge is 0.345 e. The summed E-state index contributed by atoms with van der Waals surface area (Å²) >= 11 is 3.31. The number of amides is 1. The number of aldehydes is 1. The van der Waals surface area contributed by atoms with Gasteiger partial charge >= 0.3 is 0 Å². The zero-order chi connectivity index (χ0) is 23.0. The zero-order valence-electron chi connectivity index (χ0n) is 18.7. The van der Waals surface area contributed by atoms with Crippen LogP contribution >= 0.6 is 22.7 Å². The SMILES string of the molecule is Cc1cc2c3ccsc3c3c(C(=O)N(C)C)c(C=O)c4c5sccc5c5ccc1c1c5c4c3c21. The number of hydrogen-bond acceptors (Lipinski definition) is 4. The molecule has 0 atom stereocenters. The van der Waals surface area contributed by atoms with Crippen LogP contribution in [0.25, 0.3) is 74.0 Å². The van der Waals surface area contributed by atoms with E-state index in [9.17, 15) is 9.59 Å². The summed E-state index contributed by atoms with van der Waals surface area (Å²) in [6, 6.07) is 11.1. The summed E-state index contributed by atoms with van der Waals surface area (Å²) in [5.41, 5.74) is 2.31. The van der Waals surface area contributed by atoms with Gasteiger partial charge in [0.1, 0.15) is 0 Å². The lowest BCUT2D eigenvalue weighted by atomic mass is 9.88. The maximum absolute atomic E-state index is 13.7. The van der Waals surface area contributed by atoms with Crippen LogP contribution in [0.15, 0.2) is 41.1 Å². The van der Waals surface area contributed by atoms with Gasteiger partial charge in [0, 0.05) is 61.4 Å². The molecule has 0 aliphatic rings. The first-order valence-corrected chi connectivity index (χ1v) is 13.0. The molecule has 0 radical (unpaired) electrons. The van der Waals surface area contributed by atoms with Crippen LogP contribution < -0.4 is 0 Å². The Morgan fingerprint density at radius 2 is 1.32 bits per heavy atom. The topological polar surface area (TPSA) is 37.4 Å². The minimum absolute atomic E-state index is 0.123. The molecule has 3 nitrogen and oxygen atoms in total. The van der Waals surface area contributed by atoms with Gasteiger partial charge in [-0.15, -0.1) is 22.7 Å². The van der Waals surface area contributed by atoms with Crippen LogP contribution in [-0.2, 0) is 0 Å². The highest BCUT2D eigenvalue weighted by molar-refractivity contribution is 7.19. The Hall–Kier alpha value is -3.54. The fourth-order valence-electron chi connectivity index (χ4n) is 6.37. The molecule has 8 rings (SSSR count). The maximum Gasteiger partial charge on any atom is 0.254 e. The number of thiophene rings is 2. The number of aryl methyl sites for hydroxylation is 1. The number of carbonyl (C=O) groups is 2. The smallest absolute Gasteiger partial charge is 0.254 e. The van der Waals surface area contributed by atoms with Crippen LogP contribution in [0.1, 0.15) is 26.3 Å². The fraction of sp³-hybridized carbons (Fsp3) is 0.103. The monoisotopic (exact) mass is 475 g/mol. The summed E-state index contributed by atoms with van der Waals surface area (Å²) in [4.78, 5) is 28.2. The number of nitrogens with zero attached hydrogens (tertiary/aromatic N) is 1. The molecule has 34 heavy (non-hydrogen) atoms. The molecule has 2 heterocycles. The first-order chi connectivity index (χ1) is 16.5. The van der Waals surface area contributed by atoms with Crippen LogP contribution in [-0.4, -0.2) is 31.2 Å². The van der Waals surface area contributed by atoms with Gasteiger partial charge in [-0.2, -0.15) is 0 Å². The minimum atomic E-state index is -0.123. The number of hydrogen-bond donors (Lipinski definition) is 0. The second kappa shape index (κ2) is 5.93. The number of rotatable bonds is 2. The van der Waals surface area contributed by atoms with Gasteiger partial charge in [-0.05, 0) is 67.7 Å². The number of carbonyl (C=O) groups excluding carboxylic acids is 2. The summed E-state index contributed by atoms with van der Waals surface area (Å²) < 4.78 is 2.17. The lowest BCUT2D eigenvalue weighted by Crippen LogP contribution is -2.23. The van der Waals surface area contributed by atoms with E-state index in [1.54, 1.807) is 41.7 Å². The average Bonchev–Trinajstić information content (AvgIpc) is 3.58. The third-order valence-electron chi connectivity index (χ3n) is 7.65. The summed E-state index contributed by atoms with van der Waals surface area (Å²) in [5.74, 6) is -0.123. The van der Waals surface area contributed by atoms with Gasteiger partial charge in [0.25, 0.3) is 5.91 Å². The van der Waals surface area contributed by atoms with E-state index in [0.717, 1.165) is 48.0 Å². The molecule has 8 aromatic rings. The van der Waals surface area contributed by atoms with Gasteiger partial charge in [0.05, 0.1) is 5.56 Å². The van der Waals surface area contributed by atoms with Crippen molar-refractivity contribution >= 4 is 109 Å². The summed E-state index contributed by atoms with van der Waals surface area (Å²) in [6.45, 7) is 2.18. The van der Waals surface area contributed by atoms with E-state index >= 15 is 0 Å².